The molecule has 25 heavy (non-hydrogen) atoms. The zero-order valence-electron chi connectivity index (χ0n) is 14.1. The topological polar surface area (TPSA) is 77.5 Å². The maximum atomic E-state index is 12.6. The molecule has 1 aromatic rings. The third kappa shape index (κ3) is 4.22. The van der Waals surface area contributed by atoms with Gasteiger partial charge in [-0.2, -0.15) is 0 Å². The summed E-state index contributed by atoms with van der Waals surface area (Å²) in [5.74, 6) is -1.60. The SMILES string of the molecule is COC(=O)C1=C(C)NC(C)=C(C(=O)OCCCl)C1c1cc(Br)ccn1. The Kier molecular flexibility index (Phi) is 6.61. The molecule has 0 aliphatic carbocycles. The molecular formula is C17H18BrClN2O4. The number of carbonyl (C=O) groups is 2. The summed E-state index contributed by atoms with van der Waals surface area (Å²) in [6.07, 6.45) is 1.60. The van der Waals surface area contributed by atoms with Crippen molar-refractivity contribution in [1.82, 2.24) is 10.3 Å². The molecule has 1 aliphatic rings. The fourth-order valence-corrected chi connectivity index (χ4v) is 3.16. The lowest BCUT2D eigenvalue weighted by atomic mass is 9.83. The van der Waals surface area contributed by atoms with E-state index in [0.717, 1.165) is 4.47 Å². The first kappa shape index (κ1) is 19.5. The highest BCUT2D eigenvalue weighted by atomic mass is 79.9. The number of esters is 2. The summed E-state index contributed by atoms with van der Waals surface area (Å²) < 4.78 is 10.9. The van der Waals surface area contributed by atoms with Gasteiger partial charge in [-0.15, -0.1) is 11.6 Å². The minimum atomic E-state index is -0.700. The third-order valence-corrected chi connectivity index (χ3v) is 4.38. The predicted octanol–water partition coefficient (Wildman–Crippen LogP) is 3.03. The zero-order valence-corrected chi connectivity index (χ0v) is 16.4. The lowest BCUT2D eigenvalue weighted by Crippen LogP contribution is -2.32. The summed E-state index contributed by atoms with van der Waals surface area (Å²) in [5.41, 5.74) is 2.35. The van der Waals surface area contributed by atoms with E-state index in [9.17, 15) is 9.59 Å². The summed E-state index contributed by atoms with van der Waals surface area (Å²) in [6.45, 7) is 3.58. The average molecular weight is 430 g/mol. The number of allylic oxidation sites excluding steroid dienone is 2. The number of carbonyl (C=O) groups excluding carboxylic acids is 2. The van der Waals surface area contributed by atoms with Crippen LogP contribution in [0.1, 0.15) is 25.5 Å². The molecule has 1 N–H and O–H groups in total. The predicted molar refractivity (Wildman–Crippen MR) is 96.9 cm³/mol. The van der Waals surface area contributed by atoms with Gasteiger partial charge in [0.2, 0.25) is 0 Å². The normalized spacial score (nSPS) is 17.2. The van der Waals surface area contributed by atoms with Crippen LogP contribution in [0.2, 0.25) is 0 Å². The van der Waals surface area contributed by atoms with Crippen molar-refractivity contribution in [3.8, 4) is 0 Å². The molecular weight excluding hydrogens is 412 g/mol. The highest BCUT2D eigenvalue weighted by Crippen LogP contribution is 2.38. The quantitative estimate of drug-likeness (QED) is 0.573. The number of rotatable bonds is 5. The average Bonchev–Trinajstić information content (AvgIpc) is 2.58. The largest absolute Gasteiger partial charge is 0.466 e. The molecule has 0 fully saturated rings. The Bertz CT molecular complexity index is 761. The maximum Gasteiger partial charge on any atom is 0.336 e. The fraction of sp³-hybridized carbons (Fsp3) is 0.353. The van der Waals surface area contributed by atoms with Crippen LogP contribution in [0.4, 0.5) is 0 Å². The minimum Gasteiger partial charge on any atom is -0.466 e. The van der Waals surface area contributed by atoms with E-state index < -0.39 is 17.9 Å². The van der Waals surface area contributed by atoms with Crippen molar-refractivity contribution in [2.45, 2.75) is 19.8 Å². The van der Waals surface area contributed by atoms with Gasteiger partial charge in [0.15, 0.2) is 0 Å². The number of ether oxygens (including phenoxy) is 2. The van der Waals surface area contributed by atoms with Crippen LogP contribution >= 0.6 is 27.5 Å². The van der Waals surface area contributed by atoms with Crippen molar-refractivity contribution in [2.24, 2.45) is 0 Å². The van der Waals surface area contributed by atoms with Crippen LogP contribution < -0.4 is 5.32 Å². The van der Waals surface area contributed by atoms with E-state index in [1.807, 2.05) is 0 Å². The Balaban J connectivity index is 2.61. The van der Waals surface area contributed by atoms with E-state index in [1.165, 1.54) is 7.11 Å². The molecule has 1 unspecified atom stereocenters. The Morgan fingerprint density at radius 1 is 1.28 bits per heavy atom. The molecule has 1 atom stereocenters. The van der Waals surface area contributed by atoms with Gasteiger partial charge < -0.3 is 14.8 Å². The number of nitrogens with zero attached hydrogens (tertiary/aromatic N) is 1. The van der Waals surface area contributed by atoms with E-state index in [1.54, 1.807) is 32.2 Å². The number of nitrogens with one attached hydrogen (secondary N) is 1. The van der Waals surface area contributed by atoms with Crippen molar-refractivity contribution in [3.05, 3.63) is 51.0 Å². The smallest absolute Gasteiger partial charge is 0.336 e. The second kappa shape index (κ2) is 8.49. The number of pyridine rings is 1. The number of hydrogen-bond acceptors (Lipinski definition) is 6. The highest BCUT2D eigenvalue weighted by molar-refractivity contribution is 9.10. The number of alkyl halides is 1. The molecule has 0 amide bonds. The van der Waals surface area contributed by atoms with Gasteiger partial charge in [-0.05, 0) is 26.0 Å². The molecule has 0 radical (unpaired) electrons. The van der Waals surface area contributed by atoms with Crippen molar-refractivity contribution in [2.75, 3.05) is 19.6 Å². The first-order valence-electron chi connectivity index (χ1n) is 7.52. The van der Waals surface area contributed by atoms with Gasteiger partial charge in [0.1, 0.15) is 6.61 Å². The van der Waals surface area contributed by atoms with Crippen LogP contribution in [-0.2, 0) is 19.1 Å². The Morgan fingerprint density at radius 2 is 1.92 bits per heavy atom. The van der Waals surface area contributed by atoms with Crippen LogP contribution in [0.5, 0.6) is 0 Å². The Labute approximate surface area is 159 Å². The van der Waals surface area contributed by atoms with Crippen LogP contribution in [-0.4, -0.2) is 36.5 Å². The first-order chi connectivity index (χ1) is 11.9. The van der Waals surface area contributed by atoms with Gasteiger partial charge in [-0.1, -0.05) is 15.9 Å². The standard InChI is InChI=1S/C17H18BrClN2O4/c1-9-13(16(22)24-3)15(12-8-11(18)4-6-20-12)14(10(2)21-9)17(23)25-7-5-19/h4,6,8,15,21H,5,7H2,1-3H3. The van der Waals surface area contributed by atoms with Crippen molar-refractivity contribution in [3.63, 3.8) is 0 Å². The van der Waals surface area contributed by atoms with Crippen LogP contribution in [0.3, 0.4) is 0 Å². The molecule has 8 heteroatoms. The fourth-order valence-electron chi connectivity index (χ4n) is 2.73. The Morgan fingerprint density at radius 3 is 2.48 bits per heavy atom. The second-order valence-electron chi connectivity index (χ2n) is 5.35. The van der Waals surface area contributed by atoms with Crippen molar-refractivity contribution >= 4 is 39.5 Å². The van der Waals surface area contributed by atoms with Crippen LogP contribution in [0, 0.1) is 0 Å². The van der Waals surface area contributed by atoms with Crippen molar-refractivity contribution in [1.29, 1.82) is 0 Å². The molecule has 2 heterocycles. The summed E-state index contributed by atoms with van der Waals surface area (Å²) >= 11 is 9.00. The van der Waals surface area contributed by atoms with Crippen LogP contribution in [0.25, 0.3) is 0 Å². The van der Waals surface area contributed by atoms with Crippen LogP contribution in [0.15, 0.2) is 45.3 Å². The lowest BCUT2D eigenvalue weighted by molar-refractivity contribution is -0.139. The maximum absolute atomic E-state index is 12.6. The van der Waals surface area contributed by atoms with Gasteiger partial charge in [-0.3, -0.25) is 4.98 Å². The summed E-state index contributed by atoms with van der Waals surface area (Å²) in [5, 5.41) is 3.05. The molecule has 1 aromatic heterocycles. The second-order valence-corrected chi connectivity index (χ2v) is 6.64. The molecule has 1 aliphatic heterocycles. The monoisotopic (exact) mass is 428 g/mol. The number of hydrogen-bond donors (Lipinski definition) is 1. The Hall–Kier alpha value is -1.86. The van der Waals surface area contributed by atoms with Gasteiger partial charge in [0.05, 0.1) is 35.7 Å². The molecule has 0 spiro atoms. The molecule has 0 bridgehead atoms. The summed E-state index contributed by atoms with van der Waals surface area (Å²) in [4.78, 5) is 29.3. The molecule has 0 saturated heterocycles. The molecule has 0 aromatic carbocycles. The molecule has 134 valence electrons. The van der Waals surface area contributed by atoms with E-state index in [0.29, 0.717) is 28.2 Å². The van der Waals surface area contributed by atoms with E-state index in [-0.39, 0.29) is 12.5 Å². The summed E-state index contributed by atoms with van der Waals surface area (Å²) in [7, 11) is 1.30. The first-order valence-corrected chi connectivity index (χ1v) is 8.84. The van der Waals surface area contributed by atoms with Gasteiger partial charge in [-0.25, -0.2) is 9.59 Å². The molecule has 2 rings (SSSR count). The number of aromatic nitrogens is 1. The van der Waals surface area contributed by atoms with Crippen molar-refractivity contribution < 1.29 is 19.1 Å². The minimum absolute atomic E-state index is 0.0755. The summed E-state index contributed by atoms with van der Waals surface area (Å²) in [6, 6.07) is 3.52. The third-order valence-electron chi connectivity index (χ3n) is 3.73. The number of dihydropyridines is 1. The molecule has 0 saturated carbocycles. The number of halogens is 2. The lowest BCUT2D eigenvalue weighted by Gasteiger charge is -2.29. The molecule has 6 nitrogen and oxygen atoms in total. The van der Waals surface area contributed by atoms with Gasteiger partial charge in [0, 0.05) is 22.1 Å². The van der Waals surface area contributed by atoms with Gasteiger partial charge >= 0.3 is 11.9 Å². The van der Waals surface area contributed by atoms with E-state index in [4.69, 9.17) is 21.1 Å². The van der Waals surface area contributed by atoms with E-state index >= 15 is 0 Å². The van der Waals surface area contributed by atoms with Gasteiger partial charge in [0.25, 0.3) is 0 Å². The number of methoxy groups -OCH3 is 1. The van der Waals surface area contributed by atoms with E-state index in [2.05, 4.69) is 26.2 Å². The zero-order chi connectivity index (χ0) is 18.6. The highest BCUT2D eigenvalue weighted by Gasteiger charge is 2.38.